The molecule has 0 saturated carbocycles. The highest BCUT2D eigenvalue weighted by Crippen LogP contribution is 2.31. The number of carbonyl (C=O) groups is 3. The number of rotatable bonds is 11. The first-order valence-corrected chi connectivity index (χ1v) is 11.4. The van der Waals surface area contributed by atoms with Crippen LogP contribution in [0.15, 0.2) is 48.5 Å². The van der Waals surface area contributed by atoms with Crippen molar-refractivity contribution >= 4 is 41.3 Å². The summed E-state index contributed by atoms with van der Waals surface area (Å²) < 4.78 is 45.0. The van der Waals surface area contributed by atoms with Crippen molar-refractivity contribution in [1.82, 2.24) is 10.6 Å². The molecule has 2 aromatic rings. The lowest BCUT2D eigenvalue weighted by Gasteiger charge is -2.35. The van der Waals surface area contributed by atoms with Gasteiger partial charge in [-0.25, -0.2) is 0 Å². The van der Waals surface area contributed by atoms with Gasteiger partial charge < -0.3 is 20.2 Å². The van der Waals surface area contributed by atoms with Gasteiger partial charge in [0.05, 0.1) is 16.5 Å². The van der Waals surface area contributed by atoms with Crippen molar-refractivity contribution in [3.05, 3.63) is 64.1 Å². The third-order valence-corrected chi connectivity index (χ3v) is 6.02. The van der Waals surface area contributed by atoms with Crippen LogP contribution in [0.1, 0.15) is 25.8 Å². The van der Waals surface area contributed by atoms with E-state index in [2.05, 4.69) is 10.6 Å². The van der Waals surface area contributed by atoms with Gasteiger partial charge in [-0.1, -0.05) is 67.4 Å². The zero-order valence-corrected chi connectivity index (χ0v) is 20.5. The first kappa shape index (κ1) is 28.5. The number of hydrogen-bond acceptors (Lipinski definition) is 4. The predicted octanol–water partition coefficient (Wildman–Crippen LogP) is 4.76. The monoisotopic (exact) mass is 532 g/mol. The molecule has 0 saturated heterocycles. The minimum Gasteiger partial charge on any atom is -0.484 e. The molecule has 0 bridgehead atoms. The maximum absolute atomic E-state index is 13.2. The lowest BCUT2D eigenvalue weighted by Crippen LogP contribution is -2.61. The van der Waals surface area contributed by atoms with Gasteiger partial charge in [-0.05, 0) is 23.6 Å². The maximum atomic E-state index is 13.2. The van der Waals surface area contributed by atoms with Gasteiger partial charge in [0.1, 0.15) is 23.6 Å². The van der Waals surface area contributed by atoms with Crippen molar-refractivity contribution in [3.63, 3.8) is 0 Å². The number of hydrogen-bond donors (Lipinski definition) is 2. The van der Waals surface area contributed by atoms with Gasteiger partial charge in [-0.3, -0.25) is 9.59 Å². The molecule has 2 atom stereocenters. The van der Waals surface area contributed by atoms with Crippen molar-refractivity contribution < 1.29 is 32.3 Å². The van der Waals surface area contributed by atoms with Crippen LogP contribution in [0.2, 0.25) is 10.0 Å². The number of ether oxygens (including phenoxy) is 1. The zero-order valence-electron chi connectivity index (χ0n) is 19.0. The largest absolute Gasteiger partial charge is 0.484 e. The van der Waals surface area contributed by atoms with E-state index in [9.17, 15) is 27.6 Å². The number of halogens is 5. The normalized spacial score (nSPS) is 14.1. The van der Waals surface area contributed by atoms with E-state index in [4.69, 9.17) is 27.9 Å². The van der Waals surface area contributed by atoms with Gasteiger partial charge in [0.25, 0.3) is 5.91 Å². The fourth-order valence-corrected chi connectivity index (χ4v) is 3.55. The van der Waals surface area contributed by atoms with Crippen molar-refractivity contribution in [2.75, 3.05) is 6.61 Å². The summed E-state index contributed by atoms with van der Waals surface area (Å²) in [7, 11) is 0. The van der Waals surface area contributed by atoms with Gasteiger partial charge >= 0.3 is 6.18 Å². The van der Waals surface area contributed by atoms with E-state index < -0.39 is 48.5 Å². The van der Waals surface area contributed by atoms with Crippen molar-refractivity contribution in [1.29, 1.82) is 0 Å². The van der Waals surface area contributed by atoms with Crippen molar-refractivity contribution in [3.8, 4) is 5.75 Å². The average molecular weight is 533 g/mol. The number of alkyl halides is 3. The Morgan fingerprint density at radius 2 is 1.71 bits per heavy atom. The first-order chi connectivity index (χ1) is 16.3. The van der Waals surface area contributed by atoms with Gasteiger partial charge in [-0.15, -0.1) is 0 Å². The summed E-state index contributed by atoms with van der Waals surface area (Å²) in [5, 5.41) is 5.23. The Bertz CT molecular complexity index is 1040. The fraction of sp³-hybridized carbons (Fsp3) is 0.375. The second kappa shape index (κ2) is 12.3. The van der Waals surface area contributed by atoms with E-state index in [1.807, 2.05) is 0 Å². The zero-order chi connectivity index (χ0) is 26.2. The third-order valence-electron chi connectivity index (χ3n) is 5.28. The smallest absolute Gasteiger partial charge is 0.391 e. The van der Waals surface area contributed by atoms with Gasteiger partial charge in [0.15, 0.2) is 6.61 Å². The van der Waals surface area contributed by atoms with Gasteiger partial charge in [-0.2, -0.15) is 13.2 Å². The number of aldehydes is 1. The minimum atomic E-state index is -4.70. The lowest BCUT2D eigenvalue weighted by molar-refractivity contribution is -0.161. The second-order valence-electron chi connectivity index (χ2n) is 8.27. The van der Waals surface area contributed by atoms with Crippen molar-refractivity contribution in [2.45, 2.75) is 44.4 Å². The number of benzene rings is 2. The van der Waals surface area contributed by atoms with Gasteiger partial charge in [0, 0.05) is 12.5 Å². The van der Waals surface area contributed by atoms with Crippen LogP contribution >= 0.6 is 23.2 Å². The maximum Gasteiger partial charge on any atom is 0.391 e. The molecule has 0 aromatic heterocycles. The fourth-order valence-electron chi connectivity index (χ4n) is 3.26. The quantitative estimate of drug-likeness (QED) is 0.408. The molecule has 0 aliphatic rings. The molecule has 35 heavy (non-hydrogen) atoms. The Morgan fingerprint density at radius 3 is 2.26 bits per heavy atom. The van der Waals surface area contributed by atoms with Crippen LogP contribution in [0.3, 0.4) is 0 Å². The molecule has 0 spiro atoms. The van der Waals surface area contributed by atoms with E-state index in [0.29, 0.717) is 10.6 Å². The Labute approximate surface area is 211 Å². The number of nitrogens with one attached hydrogen (secondary N) is 2. The number of carbonyl (C=O) groups excluding carboxylic acids is 3. The van der Waals surface area contributed by atoms with Crippen LogP contribution in [0.4, 0.5) is 13.2 Å². The highest BCUT2D eigenvalue weighted by molar-refractivity contribution is 6.42. The summed E-state index contributed by atoms with van der Waals surface area (Å²) in [4.78, 5) is 37.4. The van der Waals surface area contributed by atoms with Crippen LogP contribution < -0.4 is 15.4 Å². The van der Waals surface area contributed by atoms with E-state index >= 15 is 0 Å². The van der Waals surface area contributed by atoms with E-state index in [1.165, 1.54) is 32.0 Å². The first-order valence-electron chi connectivity index (χ1n) is 10.6. The molecule has 2 rings (SSSR count). The summed E-state index contributed by atoms with van der Waals surface area (Å²) >= 11 is 11.8. The molecule has 6 nitrogen and oxygen atoms in total. The van der Waals surface area contributed by atoms with Crippen LogP contribution in [-0.2, 0) is 20.8 Å². The number of amides is 2. The molecule has 0 heterocycles. The molecular weight excluding hydrogens is 508 g/mol. The molecule has 11 heteroatoms. The minimum absolute atomic E-state index is 0.0236. The van der Waals surface area contributed by atoms with E-state index in [-0.39, 0.29) is 23.5 Å². The molecule has 2 amide bonds. The van der Waals surface area contributed by atoms with Gasteiger partial charge in [0.2, 0.25) is 5.91 Å². The highest BCUT2D eigenvalue weighted by Gasteiger charge is 2.46. The Balaban J connectivity index is 2.20. The molecule has 0 unspecified atom stereocenters. The molecule has 0 aliphatic heterocycles. The van der Waals surface area contributed by atoms with Crippen LogP contribution in [0.25, 0.3) is 0 Å². The molecule has 190 valence electrons. The summed E-state index contributed by atoms with van der Waals surface area (Å²) in [6.07, 6.45) is -6.17. The van der Waals surface area contributed by atoms with E-state index in [0.717, 1.165) is 0 Å². The summed E-state index contributed by atoms with van der Waals surface area (Å²) in [6.45, 7) is 2.30. The topological polar surface area (TPSA) is 84.5 Å². The van der Waals surface area contributed by atoms with E-state index in [1.54, 1.807) is 30.3 Å². The Hall–Kier alpha value is -2.78. The lowest BCUT2D eigenvalue weighted by atomic mass is 9.83. The molecule has 0 radical (unpaired) electrons. The molecule has 2 N–H and O–H groups in total. The SMILES string of the molecule is CC(C)[C@](C=O)(CC(F)(F)F)NC(=O)[C@H](Cc1ccccc1)NC(=O)COc1ccc(Cl)c(Cl)c1. The second-order valence-corrected chi connectivity index (χ2v) is 9.08. The van der Waals surface area contributed by atoms with Crippen molar-refractivity contribution in [2.24, 2.45) is 5.92 Å². The Morgan fingerprint density at radius 1 is 1.06 bits per heavy atom. The third kappa shape index (κ3) is 8.74. The summed E-state index contributed by atoms with van der Waals surface area (Å²) in [6, 6.07) is 11.7. The molecule has 0 fully saturated rings. The summed E-state index contributed by atoms with van der Waals surface area (Å²) in [5.74, 6) is -2.24. The van der Waals surface area contributed by atoms with Crippen LogP contribution in [0, 0.1) is 5.92 Å². The molecule has 2 aromatic carbocycles. The average Bonchev–Trinajstić information content (AvgIpc) is 2.78. The molecular formula is C24H25Cl2F3N2O4. The highest BCUT2D eigenvalue weighted by atomic mass is 35.5. The predicted molar refractivity (Wildman–Crippen MR) is 126 cm³/mol. The van der Waals surface area contributed by atoms with Crippen LogP contribution in [-0.4, -0.2) is 42.5 Å². The summed E-state index contributed by atoms with van der Waals surface area (Å²) in [5.41, 5.74) is -1.54. The Kier molecular flexibility index (Phi) is 9.97. The van der Waals surface area contributed by atoms with Crippen LogP contribution in [0.5, 0.6) is 5.75 Å². The molecule has 0 aliphatic carbocycles. The standard InChI is InChI=1S/C24H25Cl2F3N2O4/c1-15(2)23(14-32,13-24(27,28)29)31-22(34)20(10-16-6-4-3-5-7-16)30-21(33)12-35-17-8-9-18(25)19(26)11-17/h3-9,11,14-15,20H,10,12-13H2,1-2H3,(H,30,33)(H,31,34)/t20-,23+/m0/s1.